The highest BCUT2D eigenvalue weighted by Gasteiger charge is 2.46. The van der Waals surface area contributed by atoms with Gasteiger partial charge in [-0.15, -0.1) is 0 Å². The molecule has 1 N–H and O–H groups in total. The van der Waals surface area contributed by atoms with E-state index in [9.17, 15) is 14.7 Å². The van der Waals surface area contributed by atoms with Crippen LogP contribution in [0.25, 0.3) is 0 Å². The molecule has 1 heterocycles. The fourth-order valence-corrected chi connectivity index (χ4v) is 5.26. The van der Waals surface area contributed by atoms with Gasteiger partial charge in [-0.25, -0.2) is 0 Å². The summed E-state index contributed by atoms with van der Waals surface area (Å²) >= 11 is 6.31. The highest BCUT2D eigenvalue weighted by molar-refractivity contribution is 6.32. The lowest BCUT2D eigenvalue weighted by Gasteiger charge is -2.39. The Hall–Kier alpha value is -3.12. The molecule has 2 aromatic rings. The van der Waals surface area contributed by atoms with E-state index in [1.807, 2.05) is 44.2 Å². The van der Waals surface area contributed by atoms with Gasteiger partial charge >= 0.3 is 5.97 Å². The summed E-state index contributed by atoms with van der Waals surface area (Å²) < 4.78 is 11.0. The fraction of sp³-hybridized carbons (Fsp3) is 0.393. The van der Waals surface area contributed by atoms with E-state index in [2.05, 4.69) is 0 Å². The first-order valence-corrected chi connectivity index (χ1v) is 12.1. The summed E-state index contributed by atoms with van der Waals surface area (Å²) in [5, 5.41) is 10.4. The number of Topliss-reactive ketones (excluding diaryl/α,β-unsaturated/α-hetero) is 1. The highest BCUT2D eigenvalue weighted by Crippen LogP contribution is 2.49. The number of nitrogens with zero attached hydrogens (tertiary/aromatic N) is 1. The number of esters is 1. The molecule has 0 radical (unpaired) electrons. The van der Waals surface area contributed by atoms with Crippen LogP contribution in [0.3, 0.4) is 0 Å². The van der Waals surface area contributed by atoms with E-state index in [4.69, 9.17) is 26.1 Å². The van der Waals surface area contributed by atoms with Crippen LogP contribution in [-0.2, 0) is 20.7 Å². The summed E-state index contributed by atoms with van der Waals surface area (Å²) in [6.45, 7) is 6.09. The zero-order valence-corrected chi connectivity index (χ0v) is 21.2. The first-order valence-electron chi connectivity index (χ1n) is 11.7. The molecular weight excluding hydrogens is 466 g/mol. The van der Waals surface area contributed by atoms with E-state index in [1.165, 1.54) is 7.11 Å². The van der Waals surface area contributed by atoms with Gasteiger partial charge in [0.2, 0.25) is 0 Å². The van der Waals surface area contributed by atoms with Crippen molar-refractivity contribution < 1.29 is 24.2 Å². The number of aliphatic imine (C=N–C) groups is 1. The molecule has 4 rings (SSSR count). The van der Waals surface area contributed by atoms with Crippen molar-refractivity contribution in [1.29, 1.82) is 0 Å². The van der Waals surface area contributed by atoms with Crippen molar-refractivity contribution in [2.24, 2.45) is 16.3 Å². The van der Waals surface area contributed by atoms with Gasteiger partial charge in [0, 0.05) is 35.7 Å². The first-order chi connectivity index (χ1) is 16.6. The molecule has 2 atom stereocenters. The maximum Gasteiger partial charge on any atom is 0.315 e. The molecule has 7 heteroatoms. The number of hydrogen-bond donors (Lipinski definition) is 1. The number of rotatable bonds is 6. The van der Waals surface area contributed by atoms with Gasteiger partial charge in [-0.2, -0.15) is 0 Å². The van der Waals surface area contributed by atoms with E-state index in [-0.39, 0.29) is 34.3 Å². The normalized spacial score (nSPS) is 21.3. The van der Waals surface area contributed by atoms with Crippen LogP contribution < -0.4 is 4.74 Å². The van der Waals surface area contributed by atoms with Crippen LogP contribution in [0.4, 0.5) is 0 Å². The predicted molar refractivity (Wildman–Crippen MR) is 135 cm³/mol. The molecule has 2 aromatic carbocycles. The predicted octanol–water partition coefficient (Wildman–Crippen LogP) is 5.66. The largest absolute Gasteiger partial charge is 0.503 e. The molecule has 0 saturated heterocycles. The summed E-state index contributed by atoms with van der Waals surface area (Å²) in [7, 11) is 1.43. The van der Waals surface area contributed by atoms with Crippen molar-refractivity contribution in [1.82, 2.24) is 0 Å². The molecule has 35 heavy (non-hydrogen) atoms. The molecule has 1 aliphatic carbocycles. The molecule has 2 aliphatic rings. The van der Waals surface area contributed by atoms with Gasteiger partial charge < -0.3 is 14.6 Å². The van der Waals surface area contributed by atoms with Crippen molar-refractivity contribution in [2.75, 3.05) is 13.7 Å². The van der Waals surface area contributed by atoms with Crippen molar-refractivity contribution >= 4 is 29.1 Å². The monoisotopic (exact) mass is 495 g/mol. The number of ketones is 1. The van der Waals surface area contributed by atoms with Crippen LogP contribution in [0.5, 0.6) is 11.5 Å². The van der Waals surface area contributed by atoms with Gasteiger partial charge in [0.05, 0.1) is 18.7 Å². The molecule has 1 unspecified atom stereocenters. The number of benzene rings is 2. The maximum absolute atomic E-state index is 13.4. The summed E-state index contributed by atoms with van der Waals surface area (Å²) in [4.78, 5) is 31.6. The first kappa shape index (κ1) is 25.0. The maximum atomic E-state index is 13.4. The quantitative estimate of drug-likeness (QED) is 0.523. The summed E-state index contributed by atoms with van der Waals surface area (Å²) in [5.41, 5.74) is 3.25. The number of aromatic hydroxyl groups is 1. The third kappa shape index (κ3) is 5.13. The second kappa shape index (κ2) is 9.86. The minimum absolute atomic E-state index is 0.0391. The number of phenols is 1. The fourth-order valence-electron chi connectivity index (χ4n) is 5.04. The number of carbonyl (C=O) groups excluding carboxylic acids is 2. The molecule has 0 fully saturated rings. The molecule has 0 spiro atoms. The van der Waals surface area contributed by atoms with Gasteiger partial charge in [-0.05, 0) is 42.0 Å². The number of halogens is 1. The Morgan fingerprint density at radius 1 is 1.20 bits per heavy atom. The molecule has 184 valence electrons. The van der Waals surface area contributed by atoms with E-state index < -0.39 is 17.8 Å². The zero-order chi connectivity index (χ0) is 25.3. The topological polar surface area (TPSA) is 85.2 Å². The molecule has 6 nitrogen and oxygen atoms in total. The number of ether oxygens (including phenoxy) is 2. The molecule has 0 saturated carbocycles. The lowest BCUT2D eigenvalue weighted by atomic mass is 9.67. The average molecular weight is 496 g/mol. The SMILES string of the molecule is COc1cc([C@@H]2C3=C(CC(C)(C)CC3=O)N=C(C)C2C(=O)OCCc2ccccc2)cc(Cl)c1O. The molecule has 0 aromatic heterocycles. The van der Waals surface area contributed by atoms with Crippen LogP contribution >= 0.6 is 11.6 Å². The molecule has 0 bridgehead atoms. The van der Waals surface area contributed by atoms with Gasteiger partial charge in [0.15, 0.2) is 17.3 Å². The van der Waals surface area contributed by atoms with Gasteiger partial charge in [-0.3, -0.25) is 14.6 Å². The van der Waals surface area contributed by atoms with Crippen LogP contribution in [0, 0.1) is 11.3 Å². The Kier molecular flexibility index (Phi) is 7.04. The Balaban J connectivity index is 1.73. The molecule has 0 amide bonds. The van der Waals surface area contributed by atoms with Crippen molar-refractivity contribution in [2.45, 2.75) is 46.0 Å². The van der Waals surface area contributed by atoms with Crippen LogP contribution in [0.1, 0.15) is 50.7 Å². The number of hydrogen-bond acceptors (Lipinski definition) is 6. The minimum atomic E-state index is -0.792. The zero-order valence-electron chi connectivity index (χ0n) is 20.4. The number of carbonyl (C=O) groups is 2. The Labute approximate surface area is 210 Å². The van der Waals surface area contributed by atoms with E-state index in [0.29, 0.717) is 41.8 Å². The van der Waals surface area contributed by atoms with E-state index in [0.717, 1.165) is 5.56 Å². The summed E-state index contributed by atoms with van der Waals surface area (Å²) in [6.07, 6.45) is 1.57. The summed E-state index contributed by atoms with van der Waals surface area (Å²) in [5.74, 6) is -1.93. The molecular formula is C28H30ClNO5. The van der Waals surface area contributed by atoms with Crippen molar-refractivity contribution in [3.8, 4) is 11.5 Å². The summed E-state index contributed by atoms with van der Waals surface area (Å²) in [6, 6.07) is 13.0. The third-order valence-electron chi connectivity index (χ3n) is 6.66. The van der Waals surface area contributed by atoms with Gasteiger partial charge in [0.1, 0.15) is 5.92 Å². The number of allylic oxidation sites excluding steroid dienone is 2. The number of phenolic OH excluding ortho intramolecular Hbond substituents is 1. The highest BCUT2D eigenvalue weighted by atomic mass is 35.5. The van der Waals surface area contributed by atoms with Crippen molar-refractivity contribution in [3.05, 3.63) is 69.9 Å². The smallest absolute Gasteiger partial charge is 0.315 e. The standard InChI is InChI=1S/C28H30ClNO5/c1-16-23(27(33)35-11-10-17-8-6-5-7-9-17)24(18-12-19(29)26(32)22(13-18)34-4)25-20(30-16)14-28(2,3)15-21(25)31/h5-9,12-13,23-24,32H,10-11,14-15H2,1-4H3/t23?,24-/m0/s1. The Morgan fingerprint density at radius 3 is 2.60 bits per heavy atom. The molecule has 1 aliphatic heterocycles. The average Bonchev–Trinajstić information content (AvgIpc) is 2.79. The van der Waals surface area contributed by atoms with Gasteiger partial charge in [0.25, 0.3) is 0 Å². The Bertz CT molecular complexity index is 1220. The third-order valence-corrected chi connectivity index (χ3v) is 6.95. The lowest BCUT2D eigenvalue weighted by molar-refractivity contribution is -0.146. The van der Waals surface area contributed by atoms with Crippen LogP contribution in [0.2, 0.25) is 5.02 Å². The van der Waals surface area contributed by atoms with E-state index in [1.54, 1.807) is 19.1 Å². The lowest BCUT2D eigenvalue weighted by Crippen LogP contribution is -2.39. The van der Waals surface area contributed by atoms with Crippen molar-refractivity contribution in [3.63, 3.8) is 0 Å². The van der Waals surface area contributed by atoms with Crippen LogP contribution in [-0.4, -0.2) is 36.3 Å². The minimum Gasteiger partial charge on any atom is -0.503 e. The van der Waals surface area contributed by atoms with Crippen LogP contribution in [0.15, 0.2) is 58.7 Å². The second-order valence-electron chi connectivity index (χ2n) is 9.97. The van der Waals surface area contributed by atoms with E-state index >= 15 is 0 Å². The second-order valence-corrected chi connectivity index (χ2v) is 10.4. The number of methoxy groups -OCH3 is 1. The van der Waals surface area contributed by atoms with Gasteiger partial charge in [-0.1, -0.05) is 55.8 Å². The Morgan fingerprint density at radius 2 is 1.91 bits per heavy atom.